The zero-order valence-corrected chi connectivity index (χ0v) is 12.3. The Hall–Kier alpha value is -2.92. The highest BCUT2D eigenvalue weighted by Gasteiger charge is 2.15. The van der Waals surface area contributed by atoms with Gasteiger partial charge in [0.25, 0.3) is 0 Å². The van der Waals surface area contributed by atoms with Crippen molar-refractivity contribution in [3.05, 3.63) is 71.4 Å². The lowest BCUT2D eigenvalue weighted by molar-refractivity contribution is -0.138. The zero-order chi connectivity index (χ0) is 16.4. The highest BCUT2D eigenvalue weighted by atomic mass is 16.4. The van der Waals surface area contributed by atoms with Gasteiger partial charge < -0.3 is 15.8 Å². The van der Waals surface area contributed by atoms with Gasteiger partial charge >= 0.3 is 5.97 Å². The highest BCUT2D eigenvalue weighted by molar-refractivity contribution is 6.16. The number of carbonyl (C=O) groups excluding carboxylic acids is 1. The molecular weight excluding hydrogens is 292 g/mol. The van der Waals surface area contributed by atoms with Crippen molar-refractivity contribution < 1.29 is 14.7 Å². The molecule has 0 spiro atoms. The van der Waals surface area contributed by atoms with Gasteiger partial charge in [-0.3, -0.25) is 9.59 Å². The Balaban J connectivity index is 1.84. The van der Waals surface area contributed by atoms with Crippen molar-refractivity contribution in [2.75, 3.05) is 0 Å². The standard InChI is InChI=1S/C18H16N2O3/c19-15(18(22)23)9-11-5-7-12(8-6-11)17(21)14-10-20-16-4-2-1-3-13(14)16/h1-8,10,15,20H,9,19H2,(H,22,23)/t15-/m0/s1. The summed E-state index contributed by atoms with van der Waals surface area (Å²) in [5.74, 6) is -1.11. The zero-order valence-electron chi connectivity index (χ0n) is 12.3. The molecule has 0 fully saturated rings. The normalized spacial score (nSPS) is 12.2. The van der Waals surface area contributed by atoms with Crippen molar-refractivity contribution in [1.29, 1.82) is 0 Å². The van der Waals surface area contributed by atoms with Gasteiger partial charge in [0.05, 0.1) is 0 Å². The molecule has 116 valence electrons. The van der Waals surface area contributed by atoms with E-state index < -0.39 is 12.0 Å². The lowest BCUT2D eigenvalue weighted by Crippen LogP contribution is -2.32. The number of aromatic nitrogens is 1. The molecule has 0 saturated heterocycles. The maximum atomic E-state index is 12.6. The fraction of sp³-hybridized carbons (Fsp3) is 0.111. The van der Waals surface area contributed by atoms with E-state index in [1.807, 2.05) is 24.3 Å². The number of nitrogens with two attached hydrogens (primary N) is 1. The molecule has 0 saturated carbocycles. The first-order valence-electron chi connectivity index (χ1n) is 7.24. The molecule has 5 heteroatoms. The van der Waals surface area contributed by atoms with Crippen molar-refractivity contribution in [2.45, 2.75) is 12.5 Å². The molecule has 3 aromatic rings. The molecule has 1 heterocycles. The first-order valence-corrected chi connectivity index (χ1v) is 7.24. The molecule has 0 unspecified atom stereocenters. The number of carboxylic acid groups (broad SMARTS) is 1. The van der Waals surface area contributed by atoms with Crippen LogP contribution in [0.4, 0.5) is 0 Å². The Labute approximate surface area is 132 Å². The Morgan fingerprint density at radius 1 is 1.09 bits per heavy atom. The summed E-state index contributed by atoms with van der Waals surface area (Å²) in [5.41, 5.74) is 8.40. The Morgan fingerprint density at radius 2 is 1.78 bits per heavy atom. The lowest BCUT2D eigenvalue weighted by atomic mass is 9.99. The van der Waals surface area contributed by atoms with Gasteiger partial charge in [0.15, 0.2) is 5.78 Å². The minimum Gasteiger partial charge on any atom is -0.480 e. The minimum atomic E-state index is -1.04. The Bertz CT molecular complexity index is 865. The second kappa shape index (κ2) is 6.06. The van der Waals surface area contributed by atoms with Crippen LogP contribution >= 0.6 is 0 Å². The number of carbonyl (C=O) groups is 2. The summed E-state index contributed by atoms with van der Waals surface area (Å²) in [6, 6.07) is 13.6. The maximum absolute atomic E-state index is 12.6. The Kier molecular flexibility index (Phi) is 3.95. The molecule has 1 aromatic heterocycles. The number of aliphatic carboxylic acids is 1. The maximum Gasteiger partial charge on any atom is 0.320 e. The molecule has 23 heavy (non-hydrogen) atoms. The van der Waals surface area contributed by atoms with Crippen LogP contribution in [0.2, 0.25) is 0 Å². The fourth-order valence-electron chi connectivity index (χ4n) is 2.55. The third kappa shape index (κ3) is 3.00. The molecular formula is C18H16N2O3. The van der Waals surface area contributed by atoms with E-state index in [1.165, 1.54) is 0 Å². The molecule has 4 N–H and O–H groups in total. The quantitative estimate of drug-likeness (QED) is 0.630. The number of aromatic amines is 1. The SMILES string of the molecule is N[C@@H](Cc1ccc(C(=O)c2c[nH]c3ccccc23)cc1)C(=O)O. The van der Waals surface area contributed by atoms with Crippen molar-refractivity contribution in [1.82, 2.24) is 4.98 Å². The lowest BCUT2D eigenvalue weighted by Gasteiger charge is -2.07. The number of benzene rings is 2. The van der Waals surface area contributed by atoms with Gasteiger partial charge in [0.1, 0.15) is 6.04 Å². The number of H-pyrrole nitrogens is 1. The van der Waals surface area contributed by atoms with E-state index in [0.717, 1.165) is 16.5 Å². The molecule has 0 aliphatic rings. The van der Waals surface area contributed by atoms with E-state index in [2.05, 4.69) is 4.98 Å². The number of hydrogen-bond acceptors (Lipinski definition) is 3. The fourth-order valence-corrected chi connectivity index (χ4v) is 2.55. The number of hydrogen-bond donors (Lipinski definition) is 3. The largest absolute Gasteiger partial charge is 0.480 e. The van der Waals surface area contributed by atoms with Crippen molar-refractivity contribution in [3.63, 3.8) is 0 Å². The summed E-state index contributed by atoms with van der Waals surface area (Å²) >= 11 is 0. The summed E-state index contributed by atoms with van der Waals surface area (Å²) < 4.78 is 0. The summed E-state index contributed by atoms with van der Waals surface area (Å²) in [6.45, 7) is 0. The third-order valence-corrected chi connectivity index (χ3v) is 3.82. The predicted octanol–water partition coefficient (Wildman–Crippen LogP) is 2.35. The molecule has 0 aliphatic carbocycles. The van der Waals surface area contributed by atoms with Crippen LogP contribution < -0.4 is 5.73 Å². The Morgan fingerprint density at radius 3 is 2.48 bits per heavy atom. The van der Waals surface area contributed by atoms with Crippen LogP contribution in [0.25, 0.3) is 10.9 Å². The number of rotatable bonds is 5. The van der Waals surface area contributed by atoms with Gasteiger partial charge in [-0.15, -0.1) is 0 Å². The van der Waals surface area contributed by atoms with Gasteiger partial charge in [-0.05, 0) is 18.1 Å². The molecule has 5 nitrogen and oxygen atoms in total. The summed E-state index contributed by atoms with van der Waals surface area (Å²) in [5, 5.41) is 9.71. The van der Waals surface area contributed by atoms with Gasteiger partial charge in [-0.2, -0.15) is 0 Å². The van der Waals surface area contributed by atoms with Crippen molar-refractivity contribution >= 4 is 22.7 Å². The van der Waals surface area contributed by atoms with Crippen LogP contribution in [0.3, 0.4) is 0 Å². The van der Waals surface area contributed by atoms with E-state index in [1.54, 1.807) is 30.5 Å². The molecule has 1 atom stereocenters. The first-order chi connectivity index (χ1) is 11.1. The van der Waals surface area contributed by atoms with Gasteiger partial charge in [-0.1, -0.05) is 42.5 Å². The van der Waals surface area contributed by atoms with E-state index >= 15 is 0 Å². The minimum absolute atomic E-state index is 0.0727. The van der Waals surface area contributed by atoms with E-state index in [4.69, 9.17) is 10.8 Å². The molecule has 0 amide bonds. The predicted molar refractivity (Wildman–Crippen MR) is 87.5 cm³/mol. The topological polar surface area (TPSA) is 96.2 Å². The smallest absolute Gasteiger partial charge is 0.320 e. The number of fused-ring (bicyclic) bond motifs is 1. The number of nitrogens with one attached hydrogen (secondary N) is 1. The molecule has 0 radical (unpaired) electrons. The van der Waals surface area contributed by atoms with Crippen molar-refractivity contribution in [2.24, 2.45) is 5.73 Å². The molecule has 0 aliphatic heterocycles. The van der Waals surface area contributed by atoms with E-state index in [0.29, 0.717) is 11.1 Å². The van der Waals surface area contributed by atoms with Crippen LogP contribution in [0.15, 0.2) is 54.7 Å². The number of carboxylic acids is 1. The molecule has 0 bridgehead atoms. The monoisotopic (exact) mass is 308 g/mol. The number of ketones is 1. The second-order valence-corrected chi connectivity index (χ2v) is 5.42. The summed E-state index contributed by atoms with van der Waals surface area (Å²) in [7, 11) is 0. The van der Waals surface area contributed by atoms with E-state index in [-0.39, 0.29) is 12.2 Å². The van der Waals surface area contributed by atoms with Crippen LogP contribution in [-0.2, 0) is 11.2 Å². The van der Waals surface area contributed by atoms with Crippen LogP contribution in [0, 0.1) is 0 Å². The second-order valence-electron chi connectivity index (χ2n) is 5.42. The average molecular weight is 308 g/mol. The highest BCUT2D eigenvalue weighted by Crippen LogP contribution is 2.21. The third-order valence-electron chi connectivity index (χ3n) is 3.82. The van der Waals surface area contributed by atoms with Crippen LogP contribution in [0.1, 0.15) is 21.5 Å². The average Bonchev–Trinajstić information content (AvgIpc) is 2.99. The van der Waals surface area contributed by atoms with E-state index in [9.17, 15) is 9.59 Å². The first kappa shape index (κ1) is 15.0. The summed E-state index contributed by atoms with van der Waals surface area (Å²) in [4.78, 5) is 26.5. The van der Waals surface area contributed by atoms with Gasteiger partial charge in [-0.25, -0.2) is 0 Å². The van der Waals surface area contributed by atoms with Gasteiger partial charge in [0.2, 0.25) is 0 Å². The molecule has 2 aromatic carbocycles. The van der Waals surface area contributed by atoms with Crippen LogP contribution in [-0.4, -0.2) is 27.9 Å². The number of para-hydroxylation sites is 1. The summed E-state index contributed by atoms with van der Waals surface area (Å²) in [6.07, 6.45) is 1.94. The van der Waals surface area contributed by atoms with Crippen LogP contribution in [0.5, 0.6) is 0 Å². The van der Waals surface area contributed by atoms with Gasteiger partial charge in [0, 0.05) is 28.2 Å². The van der Waals surface area contributed by atoms with Crippen molar-refractivity contribution in [3.8, 4) is 0 Å². The molecule has 3 rings (SSSR count).